The zero-order valence-corrected chi connectivity index (χ0v) is 13.7. The summed E-state index contributed by atoms with van der Waals surface area (Å²) in [4.78, 5) is 12.9. The fraction of sp³-hybridized carbons (Fsp3) is 0.350. The Bertz CT molecular complexity index is 679. The molecule has 0 bridgehead atoms. The summed E-state index contributed by atoms with van der Waals surface area (Å²) in [5, 5.41) is 3.02. The van der Waals surface area contributed by atoms with Gasteiger partial charge >= 0.3 is 0 Å². The van der Waals surface area contributed by atoms with Gasteiger partial charge in [-0.15, -0.1) is 0 Å². The lowest BCUT2D eigenvalue weighted by atomic mass is 9.78. The molecular formula is C20H23FN2O. The number of hydrogen-bond donors (Lipinski definition) is 2. The Kier molecular flexibility index (Phi) is 4.95. The molecule has 1 atom stereocenters. The van der Waals surface area contributed by atoms with Crippen molar-refractivity contribution in [2.45, 2.75) is 37.1 Å². The van der Waals surface area contributed by atoms with E-state index in [9.17, 15) is 9.18 Å². The van der Waals surface area contributed by atoms with Crippen molar-refractivity contribution < 1.29 is 9.18 Å². The maximum absolute atomic E-state index is 13.2. The van der Waals surface area contributed by atoms with E-state index >= 15 is 0 Å². The molecule has 0 saturated heterocycles. The van der Waals surface area contributed by atoms with Gasteiger partial charge in [0.1, 0.15) is 5.82 Å². The Balaban J connectivity index is 1.72. The monoisotopic (exact) mass is 326 g/mol. The highest BCUT2D eigenvalue weighted by molar-refractivity contribution is 5.88. The number of amides is 1. The van der Waals surface area contributed by atoms with Gasteiger partial charge < -0.3 is 11.1 Å². The maximum Gasteiger partial charge on any atom is 0.230 e. The van der Waals surface area contributed by atoms with E-state index in [1.165, 1.54) is 12.1 Å². The van der Waals surface area contributed by atoms with Crippen LogP contribution < -0.4 is 11.1 Å². The van der Waals surface area contributed by atoms with E-state index in [2.05, 4.69) is 5.32 Å². The minimum atomic E-state index is -0.551. The quantitative estimate of drug-likeness (QED) is 0.884. The molecule has 1 amide bonds. The molecule has 1 aliphatic rings. The van der Waals surface area contributed by atoms with Crippen LogP contribution in [0.1, 0.15) is 42.9 Å². The standard InChI is InChI=1S/C20H23FN2O/c21-17-10-8-16(9-11-17)20(12-4-5-13-20)19(24)23-14-18(22)15-6-2-1-3-7-15/h1-3,6-11,18H,4-5,12-14,22H2,(H,23,24). The van der Waals surface area contributed by atoms with Crippen LogP contribution in [0.3, 0.4) is 0 Å². The Morgan fingerprint density at radius 2 is 1.71 bits per heavy atom. The molecule has 1 fully saturated rings. The molecule has 3 N–H and O–H groups in total. The van der Waals surface area contributed by atoms with Crippen LogP contribution in [0.4, 0.5) is 4.39 Å². The maximum atomic E-state index is 13.2. The summed E-state index contributed by atoms with van der Waals surface area (Å²) in [5.41, 5.74) is 7.52. The van der Waals surface area contributed by atoms with Gasteiger partial charge in [-0.1, -0.05) is 55.3 Å². The van der Waals surface area contributed by atoms with Crippen molar-refractivity contribution in [2.75, 3.05) is 6.54 Å². The van der Waals surface area contributed by atoms with Crippen molar-refractivity contribution in [3.05, 3.63) is 71.5 Å². The molecule has 4 heteroatoms. The first-order chi connectivity index (χ1) is 11.6. The molecule has 0 radical (unpaired) electrons. The fourth-order valence-electron chi connectivity index (χ4n) is 3.58. The van der Waals surface area contributed by atoms with E-state index in [0.717, 1.165) is 36.8 Å². The second-order valence-electron chi connectivity index (χ2n) is 6.52. The fourth-order valence-corrected chi connectivity index (χ4v) is 3.58. The van der Waals surface area contributed by atoms with Crippen molar-refractivity contribution in [2.24, 2.45) is 5.73 Å². The van der Waals surface area contributed by atoms with E-state index in [1.807, 2.05) is 30.3 Å². The molecule has 0 aromatic heterocycles. The van der Waals surface area contributed by atoms with Crippen LogP contribution in [0.2, 0.25) is 0 Å². The Labute approximate surface area is 142 Å². The van der Waals surface area contributed by atoms with E-state index in [1.54, 1.807) is 12.1 Å². The molecule has 3 nitrogen and oxygen atoms in total. The van der Waals surface area contributed by atoms with E-state index < -0.39 is 5.41 Å². The number of nitrogens with one attached hydrogen (secondary N) is 1. The van der Waals surface area contributed by atoms with Crippen molar-refractivity contribution in [3.8, 4) is 0 Å². The highest BCUT2D eigenvalue weighted by atomic mass is 19.1. The summed E-state index contributed by atoms with van der Waals surface area (Å²) >= 11 is 0. The van der Waals surface area contributed by atoms with Gasteiger partial charge in [-0.05, 0) is 36.1 Å². The molecule has 0 heterocycles. The first kappa shape index (κ1) is 16.7. The third-order valence-corrected chi connectivity index (χ3v) is 5.00. The average Bonchev–Trinajstić information content (AvgIpc) is 3.12. The third kappa shape index (κ3) is 3.34. The van der Waals surface area contributed by atoms with Crippen LogP contribution in [0.5, 0.6) is 0 Å². The Morgan fingerprint density at radius 1 is 1.08 bits per heavy atom. The van der Waals surface area contributed by atoms with Crippen LogP contribution in [-0.2, 0) is 10.2 Å². The first-order valence-corrected chi connectivity index (χ1v) is 8.47. The molecule has 1 saturated carbocycles. The summed E-state index contributed by atoms with van der Waals surface area (Å²) in [7, 11) is 0. The van der Waals surface area contributed by atoms with E-state index in [-0.39, 0.29) is 17.8 Å². The van der Waals surface area contributed by atoms with Gasteiger partial charge in [0.15, 0.2) is 0 Å². The summed E-state index contributed by atoms with van der Waals surface area (Å²) in [6.45, 7) is 0.395. The van der Waals surface area contributed by atoms with Crippen molar-refractivity contribution in [1.82, 2.24) is 5.32 Å². The van der Waals surface area contributed by atoms with E-state index in [0.29, 0.717) is 6.54 Å². The predicted molar refractivity (Wildman–Crippen MR) is 92.9 cm³/mol. The topological polar surface area (TPSA) is 55.1 Å². The molecule has 0 aliphatic heterocycles. The first-order valence-electron chi connectivity index (χ1n) is 8.47. The van der Waals surface area contributed by atoms with Crippen molar-refractivity contribution >= 4 is 5.91 Å². The lowest BCUT2D eigenvalue weighted by Gasteiger charge is -2.29. The van der Waals surface area contributed by atoms with Crippen molar-refractivity contribution in [1.29, 1.82) is 0 Å². The summed E-state index contributed by atoms with van der Waals surface area (Å²) in [5.74, 6) is -0.281. The van der Waals surface area contributed by atoms with Gasteiger partial charge in [0, 0.05) is 12.6 Å². The van der Waals surface area contributed by atoms with Gasteiger partial charge in [0.25, 0.3) is 0 Å². The van der Waals surface area contributed by atoms with Crippen LogP contribution in [0, 0.1) is 5.82 Å². The largest absolute Gasteiger partial charge is 0.353 e. The van der Waals surface area contributed by atoms with Crippen LogP contribution in [0.15, 0.2) is 54.6 Å². The summed E-state index contributed by atoms with van der Waals surface area (Å²) in [6, 6.07) is 15.8. The second-order valence-corrected chi connectivity index (χ2v) is 6.52. The normalized spacial score (nSPS) is 17.4. The van der Waals surface area contributed by atoms with Gasteiger partial charge in [0.05, 0.1) is 5.41 Å². The Hall–Kier alpha value is -2.20. The zero-order chi connectivity index (χ0) is 17.0. The lowest BCUT2D eigenvalue weighted by molar-refractivity contribution is -0.126. The van der Waals surface area contributed by atoms with Gasteiger partial charge in [0.2, 0.25) is 5.91 Å². The van der Waals surface area contributed by atoms with Crippen molar-refractivity contribution in [3.63, 3.8) is 0 Å². The molecule has 126 valence electrons. The second kappa shape index (κ2) is 7.14. The summed E-state index contributed by atoms with van der Waals surface area (Å²) < 4.78 is 13.2. The third-order valence-electron chi connectivity index (χ3n) is 5.00. The lowest BCUT2D eigenvalue weighted by Crippen LogP contribution is -2.44. The van der Waals surface area contributed by atoms with Gasteiger partial charge in [-0.25, -0.2) is 4.39 Å². The molecule has 1 aliphatic carbocycles. The summed E-state index contributed by atoms with van der Waals surface area (Å²) in [6.07, 6.45) is 3.61. The smallest absolute Gasteiger partial charge is 0.230 e. The Morgan fingerprint density at radius 3 is 2.33 bits per heavy atom. The number of halogens is 1. The number of carbonyl (C=O) groups excluding carboxylic acids is 1. The number of hydrogen-bond acceptors (Lipinski definition) is 2. The van der Waals surface area contributed by atoms with E-state index in [4.69, 9.17) is 5.73 Å². The number of benzene rings is 2. The molecular weight excluding hydrogens is 303 g/mol. The molecule has 0 spiro atoms. The van der Waals surface area contributed by atoms with Crippen LogP contribution in [-0.4, -0.2) is 12.5 Å². The highest BCUT2D eigenvalue weighted by Gasteiger charge is 2.42. The number of carbonyl (C=O) groups is 1. The zero-order valence-electron chi connectivity index (χ0n) is 13.7. The molecule has 2 aromatic rings. The van der Waals surface area contributed by atoms with Gasteiger partial charge in [-0.3, -0.25) is 4.79 Å². The molecule has 3 rings (SSSR count). The molecule has 24 heavy (non-hydrogen) atoms. The SMILES string of the molecule is NC(CNC(=O)C1(c2ccc(F)cc2)CCCC1)c1ccccc1. The average molecular weight is 326 g/mol. The van der Waals surface area contributed by atoms with Crippen LogP contribution in [0.25, 0.3) is 0 Å². The van der Waals surface area contributed by atoms with Gasteiger partial charge in [-0.2, -0.15) is 0 Å². The minimum absolute atomic E-state index is 0.00186. The number of nitrogens with two attached hydrogens (primary N) is 1. The highest BCUT2D eigenvalue weighted by Crippen LogP contribution is 2.41. The minimum Gasteiger partial charge on any atom is -0.353 e. The molecule has 1 unspecified atom stereocenters. The van der Waals surface area contributed by atoms with Crippen LogP contribution >= 0.6 is 0 Å². The number of rotatable bonds is 5. The molecule has 2 aromatic carbocycles. The predicted octanol–water partition coefficient (Wildman–Crippen LogP) is 3.45.